The van der Waals surface area contributed by atoms with Gasteiger partial charge in [0.05, 0.1) is 24.3 Å². The Kier molecular flexibility index (Phi) is 7.87. The molecule has 2 amide bonds. The summed E-state index contributed by atoms with van der Waals surface area (Å²) < 4.78 is 11.1. The quantitative estimate of drug-likeness (QED) is 0.552. The molecule has 0 bridgehead atoms. The van der Waals surface area contributed by atoms with Crippen LogP contribution in [0.5, 0.6) is 5.75 Å². The fraction of sp³-hybridized carbons (Fsp3) is 0.357. The molecule has 0 fully saturated rings. The molecular formula is C28H33N3O4. The first-order chi connectivity index (χ1) is 16.9. The lowest BCUT2D eigenvalue weighted by Crippen LogP contribution is -2.48. The number of esters is 1. The summed E-state index contributed by atoms with van der Waals surface area (Å²) in [4.78, 5) is 27.9. The molecule has 2 heterocycles. The fourth-order valence-electron chi connectivity index (χ4n) is 4.45. The maximum Gasteiger partial charge on any atom is 0.338 e. The third kappa shape index (κ3) is 6.11. The number of nitrogens with zero attached hydrogens (tertiary/aromatic N) is 1. The van der Waals surface area contributed by atoms with Gasteiger partial charge in [-0.2, -0.15) is 0 Å². The SMILES string of the molecule is CCOC(=O)C1=C(CN2CC=C(c3ccccc3)CC2)NC(=O)NC1c1ccc(OC(C)C)cc1. The van der Waals surface area contributed by atoms with Crippen molar-refractivity contribution in [2.24, 2.45) is 0 Å². The molecule has 2 aromatic carbocycles. The Hall–Kier alpha value is -3.58. The number of ether oxygens (including phenoxy) is 2. The number of carbonyl (C=O) groups excluding carboxylic acids is 2. The van der Waals surface area contributed by atoms with Crippen LogP contribution in [-0.2, 0) is 9.53 Å². The fourth-order valence-corrected chi connectivity index (χ4v) is 4.45. The van der Waals surface area contributed by atoms with Crippen LogP contribution < -0.4 is 15.4 Å². The maximum absolute atomic E-state index is 13.1. The van der Waals surface area contributed by atoms with Gasteiger partial charge >= 0.3 is 12.0 Å². The highest BCUT2D eigenvalue weighted by Crippen LogP contribution is 2.30. The van der Waals surface area contributed by atoms with Crippen molar-refractivity contribution in [2.75, 3.05) is 26.2 Å². The zero-order valence-electron chi connectivity index (χ0n) is 20.5. The average molecular weight is 476 g/mol. The second-order valence-electron chi connectivity index (χ2n) is 8.96. The van der Waals surface area contributed by atoms with Crippen LogP contribution in [0, 0.1) is 0 Å². The van der Waals surface area contributed by atoms with Gasteiger partial charge in [0.25, 0.3) is 0 Å². The van der Waals surface area contributed by atoms with Crippen molar-refractivity contribution in [3.63, 3.8) is 0 Å². The topological polar surface area (TPSA) is 79.9 Å². The smallest absolute Gasteiger partial charge is 0.338 e. The summed E-state index contributed by atoms with van der Waals surface area (Å²) in [6.45, 7) is 7.98. The monoisotopic (exact) mass is 475 g/mol. The molecule has 0 aliphatic carbocycles. The van der Waals surface area contributed by atoms with Gasteiger partial charge in [0.1, 0.15) is 5.75 Å². The average Bonchev–Trinajstić information content (AvgIpc) is 2.85. The van der Waals surface area contributed by atoms with Crippen LogP contribution in [0.25, 0.3) is 5.57 Å². The first-order valence-corrected chi connectivity index (χ1v) is 12.2. The van der Waals surface area contributed by atoms with Gasteiger partial charge in [-0.05, 0) is 56.0 Å². The molecule has 1 atom stereocenters. The predicted molar refractivity (Wildman–Crippen MR) is 136 cm³/mol. The van der Waals surface area contributed by atoms with Crippen molar-refractivity contribution in [1.82, 2.24) is 15.5 Å². The van der Waals surface area contributed by atoms with Crippen molar-refractivity contribution in [1.29, 1.82) is 0 Å². The summed E-state index contributed by atoms with van der Waals surface area (Å²) in [5.74, 6) is 0.306. The van der Waals surface area contributed by atoms with Crippen molar-refractivity contribution >= 4 is 17.6 Å². The lowest BCUT2D eigenvalue weighted by atomic mass is 9.94. The number of hydrogen-bond donors (Lipinski definition) is 2. The van der Waals surface area contributed by atoms with Crippen LogP contribution in [0.15, 0.2) is 71.9 Å². The minimum Gasteiger partial charge on any atom is -0.491 e. The predicted octanol–water partition coefficient (Wildman–Crippen LogP) is 4.43. The summed E-state index contributed by atoms with van der Waals surface area (Å²) in [5, 5.41) is 5.77. The molecule has 1 unspecified atom stereocenters. The number of amides is 2. The summed E-state index contributed by atoms with van der Waals surface area (Å²) in [5.41, 5.74) is 4.36. The van der Waals surface area contributed by atoms with E-state index in [0.717, 1.165) is 30.8 Å². The second-order valence-corrected chi connectivity index (χ2v) is 8.96. The van der Waals surface area contributed by atoms with Gasteiger partial charge in [0.2, 0.25) is 0 Å². The van der Waals surface area contributed by atoms with Crippen molar-refractivity contribution < 1.29 is 19.1 Å². The van der Waals surface area contributed by atoms with E-state index < -0.39 is 12.0 Å². The zero-order valence-corrected chi connectivity index (χ0v) is 20.5. The molecule has 0 radical (unpaired) electrons. The molecule has 2 aliphatic rings. The lowest BCUT2D eigenvalue weighted by molar-refractivity contribution is -0.139. The largest absolute Gasteiger partial charge is 0.491 e. The van der Waals surface area contributed by atoms with E-state index in [4.69, 9.17) is 9.47 Å². The minimum absolute atomic E-state index is 0.0574. The number of hydrogen-bond acceptors (Lipinski definition) is 5. The first-order valence-electron chi connectivity index (χ1n) is 12.2. The van der Waals surface area contributed by atoms with E-state index >= 15 is 0 Å². The van der Waals surface area contributed by atoms with E-state index in [2.05, 4.69) is 33.7 Å². The van der Waals surface area contributed by atoms with E-state index in [-0.39, 0.29) is 18.7 Å². The van der Waals surface area contributed by atoms with Gasteiger partial charge in [0.15, 0.2) is 0 Å². The molecule has 2 aliphatic heterocycles. The third-order valence-electron chi connectivity index (χ3n) is 6.05. The minimum atomic E-state index is -0.605. The van der Waals surface area contributed by atoms with Crippen LogP contribution in [-0.4, -0.2) is 49.2 Å². The Morgan fingerprint density at radius 2 is 1.86 bits per heavy atom. The molecule has 2 N–H and O–H groups in total. The van der Waals surface area contributed by atoms with Gasteiger partial charge in [-0.15, -0.1) is 0 Å². The number of nitrogens with one attached hydrogen (secondary N) is 2. The molecule has 184 valence electrons. The van der Waals surface area contributed by atoms with Gasteiger partial charge in [-0.25, -0.2) is 9.59 Å². The number of benzene rings is 2. The summed E-state index contributed by atoms with van der Waals surface area (Å²) in [7, 11) is 0. The van der Waals surface area contributed by atoms with Crippen LogP contribution >= 0.6 is 0 Å². The van der Waals surface area contributed by atoms with E-state index in [1.807, 2.05) is 56.3 Å². The maximum atomic E-state index is 13.1. The van der Waals surface area contributed by atoms with Crippen LogP contribution in [0.1, 0.15) is 44.4 Å². The van der Waals surface area contributed by atoms with Crippen LogP contribution in [0.3, 0.4) is 0 Å². The Balaban J connectivity index is 1.59. The molecule has 4 rings (SSSR count). The van der Waals surface area contributed by atoms with Crippen LogP contribution in [0.4, 0.5) is 4.79 Å². The molecule has 0 spiro atoms. The van der Waals surface area contributed by atoms with E-state index in [0.29, 0.717) is 17.8 Å². The molecule has 7 nitrogen and oxygen atoms in total. The summed E-state index contributed by atoms with van der Waals surface area (Å²) >= 11 is 0. The highest BCUT2D eigenvalue weighted by Gasteiger charge is 2.34. The molecule has 0 aromatic heterocycles. The molecule has 35 heavy (non-hydrogen) atoms. The summed E-state index contributed by atoms with van der Waals surface area (Å²) in [6.07, 6.45) is 3.18. The van der Waals surface area contributed by atoms with Crippen molar-refractivity contribution in [2.45, 2.75) is 39.3 Å². The zero-order chi connectivity index (χ0) is 24.8. The van der Waals surface area contributed by atoms with Crippen LogP contribution in [0.2, 0.25) is 0 Å². The second kappa shape index (κ2) is 11.2. The van der Waals surface area contributed by atoms with Gasteiger partial charge < -0.3 is 20.1 Å². The molecule has 0 saturated heterocycles. The first kappa shape index (κ1) is 24.5. The van der Waals surface area contributed by atoms with E-state index in [1.54, 1.807) is 6.92 Å². The lowest BCUT2D eigenvalue weighted by Gasteiger charge is -2.33. The molecule has 7 heteroatoms. The molecule has 2 aromatic rings. The number of rotatable bonds is 8. The Labute approximate surface area is 206 Å². The van der Waals surface area contributed by atoms with Crippen molar-refractivity contribution in [3.8, 4) is 5.75 Å². The normalized spacial score (nSPS) is 18.6. The van der Waals surface area contributed by atoms with Gasteiger partial charge in [-0.1, -0.05) is 48.5 Å². The van der Waals surface area contributed by atoms with E-state index in [1.165, 1.54) is 11.1 Å². The molecule has 0 saturated carbocycles. The highest BCUT2D eigenvalue weighted by molar-refractivity contribution is 5.95. The Morgan fingerprint density at radius 3 is 2.49 bits per heavy atom. The van der Waals surface area contributed by atoms with Gasteiger partial charge in [-0.3, -0.25) is 4.90 Å². The highest BCUT2D eigenvalue weighted by atomic mass is 16.5. The third-order valence-corrected chi connectivity index (χ3v) is 6.05. The summed E-state index contributed by atoms with van der Waals surface area (Å²) in [6, 6.07) is 16.9. The molecular weight excluding hydrogens is 442 g/mol. The standard InChI is InChI=1S/C28H33N3O4/c1-4-34-27(32)25-24(18-31-16-14-21(15-17-31)20-8-6-5-7-9-20)29-28(33)30-26(25)22-10-12-23(13-11-22)35-19(2)3/h5-14,19,26H,4,15-18H2,1-3H3,(H2,29,30,33). The Morgan fingerprint density at radius 1 is 1.11 bits per heavy atom. The number of carbonyl (C=O) groups is 2. The van der Waals surface area contributed by atoms with Gasteiger partial charge in [0, 0.05) is 25.3 Å². The van der Waals surface area contributed by atoms with Crippen molar-refractivity contribution in [3.05, 3.63) is 83.1 Å². The Bertz CT molecular complexity index is 1110. The number of urea groups is 1. The van der Waals surface area contributed by atoms with E-state index in [9.17, 15) is 9.59 Å².